The van der Waals surface area contributed by atoms with Crippen LogP contribution in [-0.2, 0) is 11.3 Å². The number of carbonyl (C=O) groups excluding carboxylic acids is 1. The normalized spacial score (nSPS) is 22.5. The first-order chi connectivity index (χ1) is 9.61. The highest BCUT2D eigenvalue weighted by Crippen LogP contribution is 2.58. The maximum Gasteiger partial charge on any atom is 0.223 e. The summed E-state index contributed by atoms with van der Waals surface area (Å²) in [5.41, 5.74) is 1.25. The number of benzene rings is 1. The van der Waals surface area contributed by atoms with Crippen molar-refractivity contribution in [1.29, 1.82) is 0 Å². The lowest BCUT2D eigenvalue weighted by Crippen LogP contribution is -2.33. The Morgan fingerprint density at radius 1 is 1.43 bits per heavy atom. The highest BCUT2D eigenvalue weighted by atomic mass is 79.9. The molecule has 1 saturated carbocycles. The molecule has 1 aliphatic heterocycles. The van der Waals surface area contributed by atoms with Crippen LogP contribution in [0.1, 0.15) is 24.8 Å². The van der Waals surface area contributed by atoms with E-state index < -0.39 is 0 Å². The third-order valence-corrected chi connectivity index (χ3v) is 5.42. The molecule has 1 saturated heterocycles. The van der Waals surface area contributed by atoms with Gasteiger partial charge >= 0.3 is 0 Å². The number of hydrogen-bond donors (Lipinski definition) is 2. The van der Waals surface area contributed by atoms with Crippen LogP contribution in [-0.4, -0.2) is 19.0 Å². The highest BCUT2D eigenvalue weighted by Gasteiger charge is 2.57. The van der Waals surface area contributed by atoms with Crippen LogP contribution in [0.5, 0.6) is 0 Å². The second kappa shape index (κ2) is 6.86. The van der Waals surface area contributed by atoms with Crippen molar-refractivity contribution in [3.8, 4) is 0 Å². The first-order valence-corrected chi connectivity index (χ1v) is 8.20. The van der Waals surface area contributed by atoms with Gasteiger partial charge in [-0.3, -0.25) is 4.79 Å². The summed E-state index contributed by atoms with van der Waals surface area (Å²) in [5.74, 6) is 0.393. The van der Waals surface area contributed by atoms with Crippen molar-refractivity contribution in [3.63, 3.8) is 0 Å². The molecule has 3 nitrogen and oxygen atoms in total. The van der Waals surface area contributed by atoms with Crippen LogP contribution in [0.15, 0.2) is 22.7 Å². The van der Waals surface area contributed by atoms with Crippen molar-refractivity contribution in [2.75, 3.05) is 13.1 Å². The number of piperidine rings is 1. The Labute approximate surface area is 144 Å². The molecule has 116 valence electrons. The van der Waals surface area contributed by atoms with Crippen LogP contribution >= 0.6 is 39.9 Å². The van der Waals surface area contributed by atoms with E-state index in [-0.39, 0.29) is 24.2 Å². The molecule has 0 bridgehead atoms. The van der Waals surface area contributed by atoms with Gasteiger partial charge in [0.05, 0.1) is 0 Å². The van der Waals surface area contributed by atoms with Gasteiger partial charge in [0, 0.05) is 22.0 Å². The van der Waals surface area contributed by atoms with Crippen molar-refractivity contribution < 1.29 is 4.79 Å². The van der Waals surface area contributed by atoms with Crippen LogP contribution in [0.3, 0.4) is 0 Å². The monoisotopic (exact) mass is 392 g/mol. The van der Waals surface area contributed by atoms with Gasteiger partial charge in [-0.1, -0.05) is 33.6 Å². The molecular weight excluding hydrogens is 375 g/mol. The zero-order valence-corrected chi connectivity index (χ0v) is 14.8. The van der Waals surface area contributed by atoms with E-state index in [1.54, 1.807) is 0 Å². The third-order valence-electron chi connectivity index (χ3n) is 4.57. The molecule has 1 unspecified atom stereocenters. The zero-order valence-electron chi connectivity index (χ0n) is 11.6. The molecule has 1 heterocycles. The number of hydrogen-bond acceptors (Lipinski definition) is 2. The Hall–Kier alpha value is -0.290. The highest BCUT2D eigenvalue weighted by molar-refractivity contribution is 9.10. The van der Waals surface area contributed by atoms with Crippen LogP contribution in [0.2, 0.25) is 5.02 Å². The first kappa shape index (κ1) is 17.1. The molecule has 0 aromatic heterocycles. The molecule has 1 amide bonds. The fourth-order valence-electron chi connectivity index (χ4n) is 3.17. The summed E-state index contributed by atoms with van der Waals surface area (Å²) < 4.78 is 0.952. The molecule has 2 N–H and O–H groups in total. The van der Waals surface area contributed by atoms with Crippen molar-refractivity contribution in [1.82, 2.24) is 10.6 Å². The van der Waals surface area contributed by atoms with E-state index in [1.807, 2.05) is 18.2 Å². The SMILES string of the molecule is Cl.O=C(NCc1ccc(Br)cc1Cl)C1CC12CCNCC2. The predicted molar refractivity (Wildman–Crippen MR) is 90.9 cm³/mol. The van der Waals surface area contributed by atoms with Gasteiger partial charge in [-0.15, -0.1) is 12.4 Å². The predicted octanol–water partition coefficient (Wildman–Crippen LogP) is 3.53. The lowest BCUT2D eigenvalue weighted by molar-refractivity contribution is -0.123. The van der Waals surface area contributed by atoms with E-state index >= 15 is 0 Å². The van der Waals surface area contributed by atoms with Crippen molar-refractivity contribution >= 4 is 45.8 Å². The molecule has 1 spiro atoms. The van der Waals surface area contributed by atoms with Crippen molar-refractivity contribution in [3.05, 3.63) is 33.3 Å². The van der Waals surface area contributed by atoms with Gasteiger partial charge in [-0.2, -0.15) is 0 Å². The van der Waals surface area contributed by atoms with Gasteiger partial charge in [0.2, 0.25) is 5.91 Å². The molecule has 2 fully saturated rings. The Bertz CT molecular complexity index is 532. The smallest absolute Gasteiger partial charge is 0.223 e. The van der Waals surface area contributed by atoms with Crippen molar-refractivity contribution in [2.45, 2.75) is 25.8 Å². The number of nitrogens with one attached hydrogen (secondary N) is 2. The molecule has 1 atom stereocenters. The summed E-state index contributed by atoms with van der Waals surface area (Å²) in [5, 5.41) is 7.08. The fraction of sp³-hybridized carbons (Fsp3) is 0.533. The van der Waals surface area contributed by atoms with E-state index in [1.165, 1.54) is 0 Å². The topological polar surface area (TPSA) is 41.1 Å². The van der Waals surface area contributed by atoms with Gasteiger partial charge in [-0.25, -0.2) is 0 Å². The zero-order chi connectivity index (χ0) is 14.2. The average molecular weight is 394 g/mol. The molecule has 3 rings (SSSR count). The third kappa shape index (κ3) is 3.73. The van der Waals surface area contributed by atoms with E-state index in [2.05, 4.69) is 26.6 Å². The molecule has 2 aliphatic rings. The molecule has 6 heteroatoms. The lowest BCUT2D eigenvalue weighted by atomic mass is 9.92. The van der Waals surface area contributed by atoms with E-state index in [0.717, 1.165) is 42.4 Å². The minimum atomic E-state index is 0. The Morgan fingerprint density at radius 2 is 2.14 bits per heavy atom. The molecule has 21 heavy (non-hydrogen) atoms. The molecule has 1 aromatic carbocycles. The summed E-state index contributed by atoms with van der Waals surface area (Å²) >= 11 is 9.54. The maximum atomic E-state index is 12.2. The molecule has 0 radical (unpaired) electrons. The number of amides is 1. The Morgan fingerprint density at radius 3 is 2.81 bits per heavy atom. The van der Waals surface area contributed by atoms with Crippen LogP contribution < -0.4 is 10.6 Å². The van der Waals surface area contributed by atoms with Gasteiger partial charge < -0.3 is 10.6 Å². The van der Waals surface area contributed by atoms with Gasteiger partial charge in [0.25, 0.3) is 0 Å². The Balaban J connectivity index is 0.00000161. The fourth-order valence-corrected chi connectivity index (χ4v) is 3.91. The minimum Gasteiger partial charge on any atom is -0.352 e. The number of rotatable bonds is 3. The molecular formula is C15H19BrCl2N2O. The lowest BCUT2D eigenvalue weighted by Gasteiger charge is -2.23. The second-order valence-electron chi connectivity index (χ2n) is 5.82. The summed E-state index contributed by atoms with van der Waals surface area (Å²) in [4.78, 5) is 12.2. The second-order valence-corrected chi connectivity index (χ2v) is 7.15. The van der Waals surface area contributed by atoms with Gasteiger partial charge in [-0.05, 0) is 55.5 Å². The Kier molecular flexibility index (Phi) is 5.58. The summed E-state index contributed by atoms with van der Waals surface area (Å²) in [6.45, 7) is 2.60. The van der Waals surface area contributed by atoms with Crippen LogP contribution in [0, 0.1) is 11.3 Å². The largest absolute Gasteiger partial charge is 0.352 e. The maximum absolute atomic E-state index is 12.2. The number of carbonyl (C=O) groups is 1. The van der Waals surface area contributed by atoms with Gasteiger partial charge in [0.1, 0.15) is 0 Å². The molecule has 1 aliphatic carbocycles. The standard InChI is InChI=1S/C15H18BrClN2O.ClH/c16-11-2-1-10(13(17)7-11)9-19-14(20)12-8-15(12)3-5-18-6-4-15;/h1-2,7,12,18H,3-6,8-9H2,(H,19,20);1H. The van der Waals surface area contributed by atoms with Crippen molar-refractivity contribution in [2.24, 2.45) is 11.3 Å². The summed E-state index contributed by atoms with van der Waals surface area (Å²) in [7, 11) is 0. The summed E-state index contributed by atoms with van der Waals surface area (Å²) in [6, 6.07) is 5.74. The minimum absolute atomic E-state index is 0. The average Bonchev–Trinajstić information content (AvgIpc) is 3.12. The quantitative estimate of drug-likeness (QED) is 0.824. The number of halogens is 3. The van der Waals surface area contributed by atoms with E-state index in [0.29, 0.717) is 17.0 Å². The first-order valence-electron chi connectivity index (χ1n) is 7.03. The van der Waals surface area contributed by atoms with Crippen LogP contribution in [0.25, 0.3) is 0 Å². The van der Waals surface area contributed by atoms with E-state index in [9.17, 15) is 4.79 Å². The summed E-state index contributed by atoms with van der Waals surface area (Å²) in [6.07, 6.45) is 3.31. The molecule has 1 aromatic rings. The van der Waals surface area contributed by atoms with E-state index in [4.69, 9.17) is 11.6 Å². The van der Waals surface area contributed by atoms with Crippen LogP contribution in [0.4, 0.5) is 0 Å². The van der Waals surface area contributed by atoms with Gasteiger partial charge in [0.15, 0.2) is 0 Å².